The highest BCUT2D eigenvalue weighted by atomic mass is 32.2. The molecular formula is C17H26OS. The van der Waals surface area contributed by atoms with E-state index in [1.807, 2.05) is 0 Å². The highest BCUT2D eigenvalue weighted by Crippen LogP contribution is 2.38. The maximum Gasteiger partial charge on any atom is 0.0760 e. The van der Waals surface area contributed by atoms with Gasteiger partial charge in [0.25, 0.3) is 0 Å². The molecule has 0 spiro atoms. The van der Waals surface area contributed by atoms with Gasteiger partial charge in [-0.2, -0.15) is 0 Å². The van der Waals surface area contributed by atoms with Crippen molar-refractivity contribution in [2.75, 3.05) is 0 Å². The molecule has 0 aliphatic heterocycles. The normalized spacial score (nSPS) is 27.7. The molecule has 106 valence electrons. The fourth-order valence-corrected chi connectivity index (χ4v) is 3.77. The van der Waals surface area contributed by atoms with E-state index in [1.165, 1.54) is 29.7 Å². The van der Waals surface area contributed by atoms with E-state index in [4.69, 9.17) is 4.18 Å². The Bertz CT molecular complexity index is 402. The van der Waals surface area contributed by atoms with Crippen molar-refractivity contribution in [1.29, 1.82) is 0 Å². The summed E-state index contributed by atoms with van der Waals surface area (Å²) in [6.07, 6.45) is 4.30. The van der Waals surface area contributed by atoms with E-state index < -0.39 is 0 Å². The minimum atomic E-state index is 0.411. The summed E-state index contributed by atoms with van der Waals surface area (Å²) in [7, 11) is 0. The summed E-state index contributed by atoms with van der Waals surface area (Å²) >= 11 is 1.58. The lowest BCUT2D eigenvalue weighted by Gasteiger charge is -2.36. The highest BCUT2D eigenvalue weighted by molar-refractivity contribution is 7.94. The van der Waals surface area contributed by atoms with Crippen molar-refractivity contribution in [3.8, 4) is 0 Å². The molecule has 3 atom stereocenters. The van der Waals surface area contributed by atoms with Crippen LogP contribution >= 0.6 is 12.0 Å². The third kappa shape index (κ3) is 4.00. The van der Waals surface area contributed by atoms with Crippen LogP contribution in [0.2, 0.25) is 0 Å². The van der Waals surface area contributed by atoms with Crippen molar-refractivity contribution >= 4 is 12.0 Å². The van der Waals surface area contributed by atoms with E-state index in [0.29, 0.717) is 12.0 Å². The molecule has 19 heavy (non-hydrogen) atoms. The number of hydrogen-bond acceptors (Lipinski definition) is 2. The van der Waals surface area contributed by atoms with Crippen LogP contribution in [0.15, 0.2) is 29.2 Å². The molecule has 1 saturated carbocycles. The van der Waals surface area contributed by atoms with E-state index >= 15 is 0 Å². The highest BCUT2D eigenvalue weighted by Gasteiger charge is 2.31. The number of benzene rings is 1. The largest absolute Gasteiger partial charge is 0.307 e. The van der Waals surface area contributed by atoms with Gasteiger partial charge >= 0.3 is 0 Å². The second-order valence-electron chi connectivity index (χ2n) is 6.31. The lowest BCUT2D eigenvalue weighted by atomic mass is 9.75. The standard InChI is InChI=1S/C17H26OS/c1-12(2)15-10-9-13(3)11-16(15)18-19-17-8-6-5-7-14(17)4/h5-8,12-13,15-16H,9-11H2,1-4H3. The Kier molecular flexibility index (Phi) is 5.35. The first-order chi connectivity index (χ1) is 9.08. The minimum absolute atomic E-state index is 0.411. The smallest absolute Gasteiger partial charge is 0.0760 e. The van der Waals surface area contributed by atoms with Crippen LogP contribution in [0.1, 0.15) is 45.6 Å². The lowest BCUT2D eigenvalue weighted by molar-refractivity contribution is 0.0622. The van der Waals surface area contributed by atoms with Crippen molar-refractivity contribution in [2.24, 2.45) is 17.8 Å². The van der Waals surface area contributed by atoms with Crippen molar-refractivity contribution in [3.05, 3.63) is 29.8 Å². The Balaban J connectivity index is 1.97. The number of rotatable bonds is 4. The van der Waals surface area contributed by atoms with Gasteiger partial charge < -0.3 is 4.18 Å². The van der Waals surface area contributed by atoms with Gasteiger partial charge in [-0.05, 0) is 49.1 Å². The van der Waals surface area contributed by atoms with Crippen LogP contribution in [0.5, 0.6) is 0 Å². The van der Waals surface area contributed by atoms with Crippen LogP contribution in [-0.4, -0.2) is 6.10 Å². The van der Waals surface area contributed by atoms with Gasteiger partial charge in [0.05, 0.1) is 6.10 Å². The van der Waals surface area contributed by atoms with Crippen molar-refractivity contribution in [3.63, 3.8) is 0 Å². The monoisotopic (exact) mass is 278 g/mol. The average molecular weight is 278 g/mol. The Labute approximate surface area is 122 Å². The summed E-state index contributed by atoms with van der Waals surface area (Å²) in [6.45, 7) is 9.16. The van der Waals surface area contributed by atoms with Crippen LogP contribution in [-0.2, 0) is 4.18 Å². The minimum Gasteiger partial charge on any atom is -0.307 e. The average Bonchev–Trinajstić information content (AvgIpc) is 2.37. The number of aryl methyl sites for hydroxylation is 1. The molecule has 0 radical (unpaired) electrons. The van der Waals surface area contributed by atoms with Crippen molar-refractivity contribution < 1.29 is 4.18 Å². The van der Waals surface area contributed by atoms with Gasteiger partial charge in [0.1, 0.15) is 0 Å². The molecule has 1 aromatic carbocycles. The maximum absolute atomic E-state index is 6.21. The molecule has 1 fully saturated rings. The SMILES string of the molecule is Cc1ccccc1SOC1CC(C)CCC1C(C)C. The summed E-state index contributed by atoms with van der Waals surface area (Å²) < 4.78 is 6.21. The van der Waals surface area contributed by atoms with Gasteiger partial charge in [-0.3, -0.25) is 0 Å². The molecule has 1 aliphatic rings. The van der Waals surface area contributed by atoms with Gasteiger partial charge in [-0.25, -0.2) is 0 Å². The molecule has 1 aromatic rings. The molecular weight excluding hydrogens is 252 g/mol. The van der Waals surface area contributed by atoms with Gasteiger partial charge in [-0.15, -0.1) is 0 Å². The van der Waals surface area contributed by atoms with Crippen LogP contribution < -0.4 is 0 Å². The summed E-state index contributed by atoms with van der Waals surface area (Å²) in [6, 6.07) is 8.47. The maximum atomic E-state index is 6.21. The zero-order valence-electron chi connectivity index (χ0n) is 12.6. The first-order valence-electron chi connectivity index (χ1n) is 7.47. The van der Waals surface area contributed by atoms with Crippen molar-refractivity contribution in [2.45, 2.75) is 58.0 Å². The van der Waals surface area contributed by atoms with Gasteiger partial charge in [0.15, 0.2) is 0 Å². The van der Waals surface area contributed by atoms with Gasteiger partial charge in [-0.1, -0.05) is 45.4 Å². The Morgan fingerprint density at radius 2 is 1.95 bits per heavy atom. The topological polar surface area (TPSA) is 9.23 Å². The lowest BCUT2D eigenvalue weighted by Crippen LogP contribution is -2.32. The quantitative estimate of drug-likeness (QED) is 0.674. The molecule has 0 heterocycles. The van der Waals surface area contributed by atoms with E-state index in [-0.39, 0.29) is 0 Å². The zero-order chi connectivity index (χ0) is 13.8. The second kappa shape index (κ2) is 6.81. The molecule has 0 bridgehead atoms. The van der Waals surface area contributed by atoms with Crippen LogP contribution in [0.4, 0.5) is 0 Å². The number of hydrogen-bond donors (Lipinski definition) is 0. The molecule has 0 aromatic heterocycles. The van der Waals surface area contributed by atoms with E-state index in [9.17, 15) is 0 Å². The summed E-state index contributed by atoms with van der Waals surface area (Å²) in [5.41, 5.74) is 1.30. The molecule has 1 nitrogen and oxygen atoms in total. The Morgan fingerprint density at radius 3 is 2.63 bits per heavy atom. The Hall–Kier alpha value is -0.470. The predicted molar refractivity (Wildman–Crippen MR) is 83.3 cm³/mol. The molecule has 0 saturated heterocycles. The van der Waals surface area contributed by atoms with Crippen LogP contribution in [0.3, 0.4) is 0 Å². The first kappa shape index (κ1) is 14.9. The fraction of sp³-hybridized carbons (Fsp3) is 0.647. The van der Waals surface area contributed by atoms with E-state index in [2.05, 4.69) is 52.0 Å². The molecule has 0 N–H and O–H groups in total. The molecule has 0 amide bonds. The zero-order valence-corrected chi connectivity index (χ0v) is 13.4. The first-order valence-corrected chi connectivity index (χ1v) is 8.21. The summed E-state index contributed by atoms with van der Waals surface area (Å²) in [4.78, 5) is 1.25. The van der Waals surface area contributed by atoms with E-state index in [0.717, 1.165) is 11.8 Å². The molecule has 2 heteroatoms. The third-order valence-electron chi connectivity index (χ3n) is 4.32. The van der Waals surface area contributed by atoms with Gasteiger partial charge in [0.2, 0.25) is 0 Å². The van der Waals surface area contributed by atoms with Gasteiger partial charge in [0, 0.05) is 16.9 Å². The van der Waals surface area contributed by atoms with E-state index in [1.54, 1.807) is 12.0 Å². The Morgan fingerprint density at radius 1 is 1.21 bits per heavy atom. The van der Waals surface area contributed by atoms with Crippen molar-refractivity contribution in [1.82, 2.24) is 0 Å². The molecule has 3 unspecified atom stereocenters. The molecule has 1 aliphatic carbocycles. The predicted octanol–water partition coefficient (Wildman–Crippen LogP) is 5.48. The molecule has 2 rings (SSSR count). The third-order valence-corrected chi connectivity index (χ3v) is 5.30. The van der Waals surface area contributed by atoms with Crippen LogP contribution in [0.25, 0.3) is 0 Å². The fourth-order valence-electron chi connectivity index (χ4n) is 2.99. The summed E-state index contributed by atoms with van der Waals surface area (Å²) in [5, 5.41) is 0. The second-order valence-corrected chi connectivity index (χ2v) is 7.11. The summed E-state index contributed by atoms with van der Waals surface area (Å²) in [5.74, 6) is 2.24. The van der Waals surface area contributed by atoms with Crippen LogP contribution in [0, 0.1) is 24.7 Å².